The molecule has 2 heterocycles. The third-order valence-electron chi connectivity index (χ3n) is 5.18. The van der Waals surface area contributed by atoms with Crippen molar-refractivity contribution >= 4 is 39.9 Å². The molecule has 0 bridgehead atoms. The molecular formula is C25H22ClN3O5. The van der Waals surface area contributed by atoms with Crippen molar-refractivity contribution in [2.24, 2.45) is 4.99 Å². The van der Waals surface area contributed by atoms with Crippen LogP contribution in [0.3, 0.4) is 0 Å². The molecule has 0 saturated carbocycles. The zero-order valence-electron chi connectivity index (χ0n) is 18.8. The van der Waals surface area contributed by atoms with Gasteiger partial charge in [-0.3, -0.25) is 9.78 Å². The first-order valence-electron chi connectivity index (χ1n) is 10.3. The number of nitrogens with one attached hydrogen (secondary N) is 1. The number of rotatable bonds is 6. The number of methoxy groups -OCH3 is 2. The highest BCUT2D eigenvalue weighted by Crippen LogP contribution is 2.29. The summed E-state index contributed by atoms with van der Waals surface area (Å²) in [6, 6.07) is 13.5. The Morgan fingerprint density at radius 1 is 1.15 bits per heavy atom. The first-order chi connectivity index (χ1) is 16.4. The Morgan fingerprint density at radius 3 is 2.59 bits per heavy atom. The highest BCUT2D eigenvalue weighted by atomic mass is 35.5. The maximum absolute atomic E-state index is 13.4. The zero-order chi connectivity index (χ0) is 24.2. The summed E-state index contributed by atoms with van der Waals surface area (Å²) >= 11 is 6.11. The third kappa shape index (κ3) is 4.73. The van der Waals surface area contributed by atoms with Gasteiger partial charge < -0.3 is 24.3 Å². The number of amides is 1. The molecule has 0 radical (unpaired) electrons. The van der Waals surface area contributed by atoms with Crippen molar-refractivity contribution in [3.8, 4) is 11.5 Å². The van der Waals surface area contributed by atoms with Crippen LogP contribution in [0.5, 0.6) is 11.5 Å². The number of aryl methyl sites for hydroxylation is 1. The summed E-state index contributed by atoms with van der Waals surface area (Å²) in [7, 11) is 3.07. The van der Waals surface area contributed by atoms with Gasteiger partial charge in [0.15, 0.2) is 5.58 Å². The molecule has 0 spiro atoms. The third-order valence-corrected chi connectivity index (χ3v) is 5.41. The van der Waals surface area contributed by atoms with Crippen molar-refractivity contribution in [2.45, 2.75) is 13.5 Å². The Morgan fingerprint density at radius 2 is 1.91 bits per heavy atom. The molecule has 2 N–H and O–H groups in total. The minimum Gasteiger partial charge on any atom is -0.497 e. The quantitative estimate of drug-likeness (QED) is 0.412. The number of nitrogens with zero attached hydrogens (tertiary/aromatic N) is 2. The summed E-state index contributed by atoms with van der Waals surface area (Å²) < 4.78 is 16.6. The summed E-state index contributed by atoms with van der Waals surface area (Å²) in [6.07, 6.45) is 1.55. The lowest BCUT2D eigenvalue weighted by molar-refractivity contribution is 0.102. The molecule has 4 rings (SSSR count). The largest absolute Gasteiger partial charge is 0.497 e. The van der Waals surface area contributed by atoms with Gasteiger partial charge in [-0.25, -0.2) is 4.99 Å². The van der Waals surface area contributed by atoms with Gasteiger partial charge in [-0.2, -0.15) is 0 Å². The van der Waals surface area contributed by atoms with Crippen LogP contribution in [0, 0.1) is 6.92 Å². The van der Waals surface area contributed by atoms with Gasteiger partial charge in [0.2, 0.25) is 5.55 Å². The van der Waals surface area contributed by atoms with Crippen LogP contribution in [0.15, 0.2) is 64.1 Å². The van der Waals surface area contributed by atoms with E-state index in [9.17, 15) is 9.90 Å². The molecule has 1 amide bonds. The van der Waals surface area contributed by atoms with Crippen LogP contribution in [0.4, 0.5) is 11.4 Å². The number of carbonyl (C=O) groups is 1. The smallest absolute Gasteiger partial charge is 0.261 e. The monoisotopic (exact) mass is 479 g/mol. The van der Waals surface area contributed by atoms with Gasteiger partial charge >= 0.3 is 0 Å². The Bertz CT molecular complexity index is 1430. The Kier molecular flexibility index (Phi) is 6.81. The number of pyridine rings is 1. The highest BCUT2D eigenvalue weighted by Gasteiger charge is 2.18. The number of anilines is 1. The number of halogens is 1. The fourth-order valence-corrected chi connectivity index (χ4v) is 3.57. The summed E-state index contributed by atoms with van der Waals surface area (Å²) in [5.74, 6) is 0.630. The van der Waals surface area contributed by atoms with E-state index in [2.05, 4.69) is 15.3 Å². The predicted molar refractivity (Wildman–Crippen MR) is 129 cm³/mol. The van der Waals surface area contributed by atoms with Gasteiger partial charge in [-0.05, 0) is 55.5 Å². The average Bonchev–Trinajstić information content (AvgIpc) is 2.85. The number of aliphatic hydroxyl groups excluding tert-OH is 1. The van der Waals surface area contributed by atoms with E-state index >= 15 is 0 Å². The fraction of sp³-hybridized carbons (Fsp3) is 0.160. The lowest BCUT2D eigenvalue weighted by atomic mass is 10.1. The molecule has 0 fully saturated rings. The molecule has 0 aliphatic rings. The molecule has 34 heavy (non-hydrogen) atoms. The summed E-state index contributed by atoms with van der Waals surface area (Å²) in [5, 5.41) is 13.6. The molecule has 0 saturated heterocycles. The number of hydrogen-bond acceptors (Lipinski definition) is 7. The summed E-state index contributed by atoms with van der Waals surface area (Å²) in [4.78, 5) is 22.2. The van der Waals surface area contributed by atoms with Crippen LogP contribution >= 0.6 is 11.6 Å². The fourth-order valence-electron chi connectivity index (χ4n) is 3.40. The van der Waals surface area contributed by atoms with Crippen LogP contribution in [-0.4, -0.2) is 30.2 Å². The second-order valence-electron chi connectivity index (χ2n) is 7.34. The van der Waals surface area contributed by atoms with Gasteiger partial charge in [0.05, 0.1) is 37.9 Å². The number of ether oxygens (including phenoxy) is 2. The molecule has 8 nitrogen and oxygen atoms in total. The summed E-state index contributed by atoms with van der Waals surface area (Å²) in [5.41, 5.74) is 2.74. The Balaban J connectivity index is 1.91. The number of fused-ring (bicyclic) bond motifs is 1. The second kappa shape index (κ2) is 9.94. The number of aromatic nitrogens is 1. The Hall–Kier alpha value is -3.88. The van der Waals surface area contributed by atoms with Gasteiger partial charge in [0.25, 0.3) is 5.91 Å². The molecular weight excluding hydrogens is 458 g/mol. The highest BCUT2D eigenvalue weighted by molar-refractivity contribution is 6.31. The van der Waals surface area contributed by atoms with Crippen LogP contribution in [-0.2, 0) is 6.61 Å². The molecule has 0 aliphatic heterocycles. The van der Waals surface area contributed by atoms with Crippen LogP contribution in [0.1, 0.15) is 21.6 Å². The molecule has 0 aliphatic carbocycles. The molecule has 9 heteroatoms. The van der Waals surface area contributed by atoms with Crippen LogP contribution in [0.2, 0.25) is 5.02 Å². The minimum absolute atomic E-state index is 0.0798. The zero-order valence-corrected chi connectivity index (χ0v) is 19.5. The molecule has 2 aromatic carbocycles. The topological polar surface area (TPSA) is 106 Å². The van der Waals surface area contributed by atoms with E-state index in [0.717, 1.165) is 0 Å². The van der Waals surface area contributed by atoms with Gasteiger partial charge in [0.1, 0.15) is 17.1 Å². The van der Waals surface area contributed by atoms with E-state index in [4.69, 9.17) is 25.5 Å². The first-order valence-corrected chi connectivity index (χ1v) is 10.7. The standard InChI is InChI=1S/C25H22ClN3O5/c1-14-23-19(15(13-30)12-27-14)11-20(24(31)29-21-10-16(26)4-9-22(21)33-3)25(34-23)28-17-5-7-18(32-2)8-6-17/h4-12,30H,13H2,1-3H3,(H,29,31). The van der Waals surface area contributed by atoms with Crippen molar-refractivity contribution in [3.05, 3.63) is 82.1 Å². The molecule has 2 aromatic heterocycles. The van der Waals surface area contributed by atoms with Crippen molar-refractivity contribution in [1.82, 2.24) is 4.98 Å². The maximum atomic E-state index is 13.4. The number of carbonyl (C=O) groups excluding carboxylic acids is 1. The number of aliphatic hydroxyl groups is 1. The first kappa shape index (κ1) is 23.3. The van der Waals surface area contributed by atoms with Crippen molar-refractivity contribution in [1.29, 1.82) is 0 Å². The van der Waals surface area contributed by atoms with Crippen molar-refractivity contribution in [3.63, 3.8) is 0 Å². The average molecular weight is 480 g/mol. The van der Waals surface area contributed by atoms with E-state index in [1.807, 2.05) is 0 Å². The van der Waals surface area contributed by atoms with Crippen LogP contribution in [0.25, 0.3) is 11.0 Å². The number of benzene rings is 2. The van der Waals surface area contributed by atoms with Gasteiger partial charge in [-0.1, -0.05) is 11.6 Å². The normalized spacial score (nSPS) is 11.5. The maximum Gasteiger partial charge on any atom is 0.261 e. The number of hydrogen-bond donors (Lipinski definition) is 2. The van der Waals surface area contributed by atoms with E-state index in [1.165, 1.54) is 7.11 Å². The van der Waals surface area contributed by atoms with Crippen molar-refractivity contribution in [2.75, 3.05) is 19.5 Å². The Labute approximate surface area is 200 Å². The van der Waals surface area contributed by atoms with E-state index in [0.29, 0.717) is 50.1 Å². The summed E-state index contributed by atoms with van der Waals surface area (Å²) in [6.45, 7) is 1.51. The minimum atomic E-state index is -0.489. The van der Waals surface area contributed by atoms with Crippen LogP contribution < -0.4 is 20.3 Å². The van der Waals surface area contributed by atoms with E-state index in [-0.39, 0.29) is 17.7 Å². The van der Waals surface area contributed by atoms with Gasteiger partial charge in [-0.15, -0.1) is 0 Å². The lowest BCUT2D eigenvalue weighted by Crippen LogP contribution is -2.22. The molecule has 0 atom stereocenters. The van der Waals surface area contributed by atoms with E-state index < -0.39 is 5.91 Å². The predicted octanol–water partition coefficient (Wildman–Crippen LogP) is 4.78. The van der Waals surface area contributed by atoms with Gasteiger partial charge in [0, 0.05) is 22.2 Å². The molecule has 4 aromatic rings. The SMILES string of the molecule is COc1ccc(N=c2oc3c(C)ncc(CO)c3cc2C(=O)Nc2cc(Cl)ccc2OC)cc1. The molecule has 174 valence electrons. The molecule has 0 unspecified atom stereocenters. The second-order valence-corrected chi connectivity index (χ2v) is 7.78. The van der Waals surface area contributed by atoms with Crippen molar-refractivity contribution < 1.29 is 23.8 Å². The van der Waals surface area contributed by atoms with E-state index in [1.54, 1.807) is 68.8 Å². The lowest BCUT2D eigenvalue weighted by Gasteiger charge is -2.12.